The van der Waals surface area contributed by atoms with Gasteiger partial charge in [-0.15, -0.1) is 0 Å². The van der Waals surface area contributed by atoms with Gasteiger partial charge < -0.3 is 15.5 Å². The molecule has 0 spiro atoms. The van der Waals surface area contributed by atoms with Crippen molar-refractivity contribution in [3.63, 3.8) is 0 Å². The lowest BCUT2D eigenvalue weighted by molar-refractivity contribution is -0.137. The first-order valence-electron chi connectivity index (χ1n) is 6.24. The van der Waals surface area contributed by atoms with Crippen molar-refractivity contribution in [2.75, 3.05) is 18.5 Å². The van der Waals surface area contributed by atoms with E-state index in [1.807, 2.05) is 0 Å². The summed E-state index contributed by atoms with van der Waals surface area (Å²) in [6, 6.07) is 4.48. The van der Waals surface area contributed by atoms with Gasteiger partial charge in [0.1, 0.15) is 11.4 Å². The number of anilines is 1. The summed E-state index contributed by atoms with van der Waals surface area (Å²) < 4.78 is 0. The number of Topliss-reactive ketones (excluding diaryl/α,β-unsaturated/α-hetero) is 1. The van der Waals surface area contributed by atoms with Gasteiger partial charge in [-0.05, 0) is 19.1 Å². The summed E-state index contributed by atoms with van der Waals surface area (Å²) in [5.74, 6) is -1.74. The highest BCUT2D eigenvalue weighted by Crippen LogP contribution is 2.29. The van der Waals surface area contributed by atoms with E-state index >= 15 is 0 Å². The summed E-state index contributed by atoms with van der Waals surface area (Å²) in [5.41, 5.74) is 0.245. The number of carbonyl (C=O) groups is 3. The van der Waals surface area contributed by atoms with Crippen LogP contribution in [0.3, 0.4) is 0 Å². The number of carbonyl (C=O) groups excluding carboxylic acids is 3. The highest BCUT2D eigenvalue weighted by atomic mass is 16.3. The van der Waals surface area contributed by atoms with E-state index < -0.39 is 11.8 Å². The molecule has 0 unspecified atom stereocenters. The molecule has 1 heterocycles. The second-order valence-corrected chi connectivity index (χ2v) is 4.46. The van der Waals surface area contributed by atoms with E-state index in [1.165, 1.54) is 19.1 Å². The minimum atomic E-state index is -0.596. The van der Waals surface area contributed by atoms with Crippen LogP contribution in [0.5, 0.6) is 5.75 Å². The molecular weight excluding hydrogens is 276 g/mol. The Morgan fingerprint density at radius 1 is 1.33 bits per heavy atom. The molecule has 0 aromatic heterocycles. The average molecular weight is 290 g/mol. The molecule has 7 heteroatoms. The van der Waals surface area contributed by atoms with Gasteiger partial charge in [0, 0.05) is 6.08 Å². The number of aliphatic hydroxyl groups is 1. The summed E-state index contributed by atoms with van der Waals surface area (Å²) in [7, 11) is 0. The van der Waals surface area contributed by atoms with Crippen molar-refractivity contribution in [1.82, 2.24) is 4.90 Å². The predicted molar refractivity (Wildman–Crippen MR) is 73.6 cm³/mol. The van der Waals surface area contributed by atoms with Crippen LogP contribution in [0.4, 0.5) is 5.69 Å². The summed E-state index contributed by atoms with van der Waals surface area (Å²) in [4.78, 5) is 35.8. The third-order valence-corrected chi connectivity index (χ3v) is 3.02. The molecule has 0 bridgehead atoms. The van der Waals surface area contributed by atoms with Crippen LogP contribution in [-0.2, 0) is 9.59 Å². The third kappa shape index (κ3) is 2.77. The topological polar surface area (TPSA) is 107 Å². The zero-order chi connectivity index (χ0) is 15.6. The molecule has 3 N–H and O–H groups in total. The van der Waals surface area contributed by atoms with Crippen LogP contribution in [0.2, 0.25) is 0 Å². The van der Waals surface area contributed by atoms with Crippen molar-refractivity contribution in [1.29, 1.82) is 0 Å². The lowest BCUT2D eigenvalue weighted by atomic mass is 10.1. The Balaban J connectivity index is 2.26. The van der Waals surface area contributed by atoms with Crippen LogP contribution >= 0.6 is 0 Å². The molecule has 1 aliphatic rings. The fourth-order valence-electron chi connectivity index (χ4n) is 1.98. The lowest BCUT2D eigenvalue weighted by Crippen LogP contribution is -2.34. The highest BCUT2D eigenvalue weighted by molar-refractivity contribution is 6.17. The monoisotopic (exact) mass is 290 g/mol. The molecule has 1 aliphatic heterocycles. The van der Waals surface area contributed by atoms with E-state index in [0.29, 0.717) is 0 Å². The van der Waals surface area contributed by atoms with E-state index in [4.69, 9.17) is 5.11 Å². The van der Waals surface area contributed by atoms with Crippen LogP contribution in [0.15, 0.2) is 30.0 Å². The van der Waals surface area contributed by atoms with E-state index in [-0.39, 0.29) is 41.6 Å². The average Bonchev–Trinajstić information content (AvgIpc) is 2.69. The Bertz CT molecular complexity index is 651. The van der Waals surface area contributed by atoms with Gasteiger partial charge in [-0.1, -0.05) is 6.07 Å². The summed E-state index contributed by atoms with van der Waals surface area (Å²) in [6.07, 6.45) is 1.08. The number of aliphatic hydroxyl groups excluding tert-OH is 1. The van der Waals surface area contributed by atoms with Gasteiger partial charge in [0.2, 0.25) is 0 Å². The molecule has 7 nitrogen and oxygen atoms in total. The van der Waals surface area contributed by atoms with E-state index in [1.54, 1.807) is 6.07 Å². The number of nitrogens with one attached hydrogen (secondary N) is 1. The van der Waals surface area contributed by atoms with Gasteiger partial charge >= 0.3 is 0 Å². The van der Waals surface area contributed by atoms with Gasteiger partial charge in [0.15, 0.2) is 5.78 Å². The van der Waals surface area contributed by atoms with E-state index in [9.17, 15) is 19.5 Å². The van der Waals surface area contributed by atoms with Gasteiger partial charge in [-0.25, -0.2) is 0 Å². The number of phenols is 1. The van der Waals surface area contributed by atoms with Crippen molar-refractivity contribution in [3.8, 4) is 5.75 Å². The number of rotatable bonds is 5. The normalized spacial score (nSPS) is 14.4. The molecule has 0 radical (unpaired) electrons. The van der Waals surface area contributed by atoms with Gasteiger partial charge in [-0.3, -0.25) is 19.3 Å². The first-order chi connectivity index (χ1) is 9.95. The number of amides is 2. The fourth-order valence-corrected chi connectivity index (χ4v) is 1.98. The van der Waals surface area contributed by atoms with Gasteiger partial charge in [-0.2, -0.15) is 0 Å². The highest BCUT2D eigenvalue weighted by Gasteiger charge is 2.31. The second-order valence-electron chi connectivity index (χ2n) is 4.46. The van der Waals surface area contributed by atoms with E-state index in [2.05, 4.69) is 5.32 Å². The Hall–Kier alpha value is -2.67. The number of ketones is 1. The first-order valence-corrected chi connectivity index (χ1v) is 6.24. The van der Waals surface area contributed by atoms with Crippen molar-refractivity contribution >= 4 is 23.3 Å². The summed E-state index contributed by atoms with van der Waals surface area (Å²) in [6.45, 7) is 0.883. The molecule has 21 heavy (non-hydrogen) atoms. The second kappa shape index (κ2) is 5.76. The Morgan fingerprint density at radius 3 is 2.67 bits per heavy atom. The number of hydrogen-bond acceptors (Lipinski definition) is 6. The number of β-amino-alcohol motifs (C(OH)–C–C–N with tert-alkyl or cyclic N) is 1. The van der Waals surface area contributed by atoms with Crippen LogP contribution in [0.25, 0.3) is 0 Å². The van der Waals surface area contributed by atoms with Crippen LogP contribution in [0.1, 0.15) is 17.3 Å². The maximum atomic E-state index is 12.0. The molecule has 110 valence electrons. The number of nitrogens with zero attached hydrogens (tertiary/aromatic N) is 1. The van der Waals surface area contributed by atoms with Crippen molar-refractivity contribution in [3.05, 3.63) is 35.5 Å². The van der Waals surface area contributed by atoms with Gasteiger partial charge in [0.05, 0.1) is 24.4 Å². The molecule has 2 amide bonds. The summed E-state index contributed by atoms with van der Waals surface area (Å²) in [5, 5.41) is 21.4. The predicted octanol–water partition coefficient (Wildman–Crippen LogP) is 0.252. The number of para-hydroxylation sites is 1. The molecule has 1 aromatic carbocycles. The standard InChI is InChI=1S/C14H14N2O5/c1-8(18)9-3-2-4-10(13(9)20)15-11-7-12(19)16(5-6-17)14(11)21/h2-4,7,15,17,20H,5-6H2,1H3. The Kier molecular flexibility index (Phi) is 4.04. The van der Waals surface area contributed by atoms with Crippen molar-refractivity contribution < 1.29 is 24.6 Å². The van der Waals surface area contributed by atoms with Crippen molar-refractivity contribution in [2.45, 2.75) is 6.92 Å². The maximum Gasteiger partial charge on any atom is 0.277 e. The molecule has 1 aromatic rings. The fraction of sp³-hybridized carbons (Fsp3) is 0.214. The van der Waals surface area contributed by atoms with Crippen LogP contribution in [0, 0.1) is 0 Å². The number of benzene rings is 1. The molecule has 2 rings (SSSR count). The minimum absolute atomic E-state index is 0.0237. The molecule has 0 atom stereocenters. The third-order valence-electron chi connectivity index (χ3n) is 3.02. The molecule has 0 saturated carbocycles. The number of hydrogen-bond donors (Lipinski definition) is 3. The first kappa shape index (κ1) is 14.7. The summed E-state index contributed by atoms with van der Waals surface area (Å²) >= 11 is 0. The van der Waals surface area contributed by atoms with Gasteiger partial charge in [0.25, 0.3) is 11.8 Å². The maximum absolute atomic E-state index is 12.0. The van der Waals surface area contributed by atoms with Crippen molar-refractivity contribution in [2.24, 2.45) is 0 Å². The van der Waals surface area contributed by atoms with Crippen LogP contribution < -0.4 is 5.32 Å². The molecule has 0 aliphatic carbocycles. The molecule has 0 fully saturated rings. The molecular formula is C14H14N2O5. The minimum Gasteiger partial charge on any atom is -0.505 e. The number of phenolic OH excluding ortho intramolecular Hbond substituents is 1. The zero-order valence-corrected chi connectivity index (χ0v) is 11.3. The van der Waals surface area contributed by atoms with Crippen LogP contribution in [-0.4, -0.2) is 45.9 Å². The quantitative estimate of drug-likeness (QED) is 0.408. The number of imide groups is 1. The Labute approximate surface area is 120 Å². The smallest absolute Gasteiger partial charge is 0.277 e. The number of aromatic hydroxyl groups is 1. The zero-order valence-electron chi connectivity index (χ0n) is 11.3. The molecule has 0 saturated heterocycles. The Morgan fingerprint density at radius 2 is 2.05 bits per heavy atom. The lowest BCUT2D eigenvalue weighted by Gasteiger charge is -2.14. The van der Waals surface area contributed by atoms with E-state index in [0.717, 1.165) is 11.0 Å². The largest absolute Gasteiger partial charge is 0.505 e. The SMILES string of the molecule is CC(=O)c1cccc(NC2=CC(=O)N(CCO)C2=O)c1O.